The van der Waals surface area contributed by atoms with Crippen molar-refractivity contribution in [2.75, 3.05) is 0 Å². The minimum atomic E-state index is -0.499. The van der Waals surface area contributed by atoms with Crippen LogP contribution in [-0.4, -0.2) is 28.3 Å². The number of hydrogen-bond acceptors (Lipinski definition) is 5. The van der Waals surface area contributed by atoms with Crippen LogP contribution in [0.5, 0.6) is 0 Å². The highest BCUT2D eigenvalue weighted by Gasteiger charge is 2.53. The van der Waals surface area contributed by atoms with Crippen LogP contribution in [0.4, 0.5) is 0 Å². The molecule has 0 aliphatic carbocycles. The molecule has 0 amide bonds. The van der Waals surface area contributed by atoms with E-state index in [0.717, 1.165) is 55.8 Å². The first-order valence-corrected chi connectivity index (χ1v) is 18.6. The van der Waals surface area contributed by atoms with E-state index in [-0.39, 0.29) is 0 Å². The second-order valence-corrected chi connectivity index (χ2v) is 15.5. The van der Waals surface area contributed by atoms with Gasteiger partial charge in [-0.05, 0) is 68.1 Å². The Hall–Kier alpha value is -5.40. The smallest absolute Gasteiger partial charge is 0.399 e. The van der Waals surface area contributed by atoms with Gasteiger partial charge in [0.1, 0.15) is 0 Å². The Morgan fingerprint density at radius 3 is 1.73 bits per heavy atom. The van der Waals surface area contributed by atoms with Gasteiger partial charge in [-0.1, -0.05) is 133 Å². The fourth-order valence-corrected chi connectivity index (χ4v) is 8.28. The van der Waals surface area contributed by atoms with Crippen molar-refractivity contribution < 1.29 is 9.31 Å². The number of fused-ring (bicyclic) bond motifs is 3. The summed E-state index contributed by atoms with van der Waals surface area (Å²) in [7, 11) is -0.499. The van der Waals surface area contributed by atoms with E-state index in [4.69, 9.17) is 19.3 Å². The minimum Gasteiger partial charge on any atom is -0.399 e. The second kappa shape index (κ2) is 12.7. The van der Waals surface area contributed by atoms with E-state index < -0.39 is 18.3 Å². The molecule has 6 aromatic carbocycles. The summed E-state index contributed by atoms with van der Waals surface area (Å²) >= 11 is 1.81. The molecule has 9 rings (SSSR count). The standard InChI is InChI=1S/C46H37BN2O2S/c1-45(2)46(3,4)51-47(50-45)42-36(26-27-38-37-20-11-12-21-41(37)52-43(38)42)31-22-24-33(25-23-31)40-29-39(32-16-9-6-10-17-32)48-44(49-40)35-19-13-18-34(28-35)30-14-7-5-8-15-30/h5-29H,1-4H3. The van der Waals surface area contributed by atoms with E-state index in [2.05, 4.69) is 155 Å². The number of benzene rings is 6. The summed E-state index contributed by atoms with van der Waals surface area (Å²) in [5, 5.41) is 2.48. The predicted molar refractivity (Wildman–Crippen MR) is 218 cm³/mol. The maximum atomic E-state index is 6.72. The number of rotatable bonds is 6. The van der Waals surface area contributed by atoms with E-state index in [9.17, 15) is 0 Å². The molecule has 1 fully saturated rings. The van der Waals surface area contributed by atoms with Crippen LogP contribution in [0, 0.1) is 0 Å². The Morgan fingerprint density at radius 2 is 1.04 bits per heavy atom. The lowest BCUT2D eigenvalue weighted by Crippen LogP contribution is -2.41. The third kappa shape index (κ3) is 5.74. The summed E-state index contributed by atoms with van der Waals surface area (Å²) in [6.07, 6.45) is 0. The van der Waals surface area contributed by atoms with E-state index in [1.807, 2.05) is 24.3 Å². The number of thiophene rings is 1. The lowest BCUT2D eigenvalue weighted by atomic mass is 9.73. The quantitative estimate of drug-likeness (QED) is 0.163. The average molecular weight is 693 g/mol. The van der Waals surface area contributed by atoms with Gasteiger partial charge in [-0.25, -0.2) is 9.97 Å². The number of nitrogens with zero attached hydrogens (tertiary/aromatic N) is 2. The van der Waals surface area contributed by atoms with Crippen molar-refractivity contribution in [1.29, 1.82) is 0 Å². The summed E-state index contributed by atoms with van der Waals surface area (Å²) in [6, 6.07) is 53.1. The van der Waals surface area contributed by atoms with Crippen molar-refractivity contribution in [3.8, 4) is 56.2 Å². The maximum absolute atomic E-state index is 6.72. The molecule has 2 aromatic heterocycles. The summed E-state index contributed by atoms with van der Waals surface area (Å²) in [5.41, 5.74) is 9.45. The maximum Gasteiger partial charge on any atom is 0.496 e. The molecule has 0 spiro atoms. The molecule has 4 nitrogen and oxygen atoms in total. The molecule has 0 saturated carbocycles. The highest BCUT2D eigenvalue weighted by molar-refractivity contribution is 7.27. The van der Waals surface area contributed by atoms with Gasteiger partial charge in [0, 0.05) is 42.3 Å². The Morgan fingerprint density at radius 1 is 0.481 bits per heavy atom. The Bertz CT molecular complexity index is 2570. The van der Waals surface area contributed by atoms with Crippen LogP contribution >= 0.6 is 11.3 Å². The molecule has 8 aromatic rings. The van der Waals surface area contributed by atoms with Crippen molar-refractivity contribution in [2.45, 2.75) is 38.9 Å². The van der Waals surface area contributed by atoms with Gasteiger partial charge < -0.3 is 9.31 Å². The molecule has 3 heterocycles. The summed E-state index contributed by atoms with van der Waals surface area (Å²) < 4.78 is 15.9. The van der Waals surface area contributed by atoms with Crippen molar-refractivity contribution in [1.82, 2.24) is 9.97 Å². The van der Waals surface area contributed by atoms with E-state index in [0.29, 0.717) is 5.82 Å². The summed E-state index contributed by atoms with van der Waals surface area (Å²) in [5.74, 6) is 0.691. The summed E-state index contributed by atoms with van der Waals surface area (Å²) in [4.78, 5) is 10.3. The van der Waals surface area contributed by atoms with Gasteiger partial charge in [-0.2, -0.15) is 0 Å². The first-order chi connectivity index (χ1) is 25.2. The van der Waals surface area contributed by atoms with E-state index in [1.54, 1.807) is 11.3 Å². The van der Waals surface area contributed by atoms with E-state index in [1.165, 1.54) is 20.2 Å². The molecule has 1 saturated heterocycles. The highest BCUT2D eigenvalue weighted by atomic mass is 32.1. The zero-order valence-corrected chi connectivity index (χ0v) is 30.4. The number of hydrogen-bond donors (Lipinski definition) is 0. The molecule has 0 bridgehead atoms. The van der Waals surface area contributed by atoms with Crippen LogP contribution in [0.1, 0.15) is 27.7 Å². The summed E-state index contributed by atoms with van der Waals surface area (Å²) in [6.45, 7) is 8.46. The highest BCUT2D eigenvalue weighted by Crippen LogP contribution is 2.41. The largest absolute Gasteiger partial charge is 0.496 e. The fraction of sp³-hybridized carbons (Fsp3) is 0.130. The van der Waals surface area contributed by atoms with E-state index >= 15 is 0 Å². The Kier molecular flexibility index (Phi) is 7.92. The van der Waals surface area contributed by atoms with Gasteiger partial charge in [0.05, 0.1) is 22.6 Å². The van der Waals surface area contributed by atoms with Crippen LogP contribution in [0.25, 0.3) is 76.3 Å². The molecule has 1 aliphatic heterocycles. The predicted octanol–water partition coefficient (Wildman–Crippen LogP) is 11.5. The average Bonchev–Trinajstić information content (AvgIpc) is 3.66. The van der Waals surface area contributed by atoms with Gasteiger partial charge in [0.15, 0.2) is 5.82 Å². The van der Waals surface area contributed by atoms with Gasteiger partial charge in [0.25, 0.3) is 0 Å². The topological polar surface area (TPSA) is 44.2 Å². The molecule has 0 unspecified atom stereocenters. The number of aromatic nitrogens is 2. The second-order valence-electron chi connectivity index (χ2n) is 14.4. The molecular formula is C46H37BN2O2S. The third-order valence-electron chi connectivity index (χ3n) is 10.6. The Labute approximate surface area is 308 Å². The molecule has 0 N–H and O–H groups in total. The molecule has 252 valence electrons. The van der Waals surface area contributed by atoms with Crippen molar-refractivity contribution in [3.63, 3.8) is 0 Å². The van der Waals surface area contributed by atoms with Crippen molar-refractivity contribution in [2.24, 2.45) is 0 Å². The van der Waals surface area contributed by atoms with Crippen LogP contribution < -0.4 is 5.46 Å². The van der Waals surface area contributed by atoms with Crippen molar-refractivity contribution >= 4 is 44.1 Å². The van der Waals surface area contributed by atoms with Crippen LogP contribution in [0.15, 0.2) is 152 Å². The molecule has 0 atom stereocenters. The van der Waals surface area contributed by atoms with Crippen LogP contribution in [0.3, 0.4) is 0 Å². The zero-order chi connectivity index (χ0) is 35.5. The van der Waals surface area contributed by atoms with Gasteiger partial charge in [-0.3, -0.25) is 0 Å². The lowest BCUT2D eigenvalue weighted by Gasteiger charge is -2.32. The van der Waals surface area contributed by atoms with Gasteiger partial charge >= 0.3 is 7.12 Å². The zero-order valence-electron chi connectivity index (χ0n) is 29.6. The minimum absolute atomic E-state index is 0.459. The molecule has 52 heavy (non-hydrogen) atoms. The SMILES string of the molecule is CC1(C)OB(c2c(-c3ccc(-c4cc(-c5ccccc5)nc(-c5cccc(-c6ccccc6)c5)n4)cc3)ccc3c2sc2ccccc23)OC1(C)C. The molecule has 6 heteroatoms. The molecule has 1 aliphatic rings. The first-order valence-electron chi connectivity index (χ1n) is 17.8. The van der Waals surface area contributed by atoms with Crippen molar-refractivity contribution in [3.05, 3.63) is 152 Å². The normalized spacial score (nSPS) is 15.0. The third-order valence-corrected chi connectivity index (χ3v) is 11.8. The lowest BCUT2D eigenvalue weighted by molar-refractivity contribution is 0.00578. The molecule has 0 radical (unpaired) electrons. The first kappa shape index (κ1) is 32.5. The molecular weight excluding hydrogens is 655 g/mol. The monoisotopic (exact) mass is 692 g/mol. The van der Waals surface area contributed by atoms with Crippen LogP contribution in [-0.2, 0) is 9.31 Å². The van der Waals surface area contributed by atoms with Gasteiger partial charge in [0.2, 0.25) is 0 Å². The Balaban J connectivity index is 1.15. The fourth-order valence-electron chi connectivity index (χ4n) is 7.03. The van der Waals surface area contributed by atoms with Gasteiger partial charge in [-0.15, -0.1) is 11.3 Å². The van der Waals surface area contributed by atoms with Crippen LogP contribution in [0.2, 0.25) is 0 Å².